The smallest absolute Gasteiger partial charge is 0.243 e. The molecule has 0 aromatic heterocycles. The summed E-state index contributed by atoms with van der Waals surface area (Å²) in [6, 6.07) is 18.1. The molecule has 1 atom stereocenters. The molecule has 0 spiro atoms. The first-order chi connectivity index (χ1) is 18.3. The Kier molecular flexibility index (Phi) is 10.1. The normalized spacial score (nSPS) is 14.6. The van der Waals surface area contributed by atoms with E-state index in [9.17, 15) is 14.0 Å². The monoisotopic (exact) mass is 574 g/mol. The third-order valence-electron chi connectivity index (χ3n) is 7.00. The van der Waals surface area contributed by atoms with Crippen molar-refractivity contribution in [2.45, 2.75) is 63.6 Å². The second-order valence-corrected chi connectivity index (χ2v) is 10.9. The maximum Gasteiger partial charge on any atom is 0.243 e. The van der Waals surface area contributed by atoms with Crippen LogP contribution in [-0.2, 0) is 29.0 Å². The molecule has 1 N–H and O–H groups in total. The minimum atomic E-state index is -0.871. The van der Waals surface area contributed by atoms with Gasteiger partial charge in [0.2, 0.25) is 11.8 Å². The zero-order valence-corrected chi connectivity index (χ0v) is 23.2. The number of halogens is 4. The van der Waals surface area contributed by atoms with E-state index in [1.165, 1.54) is 17.0 Å². The van der Waals surface area contributed by atoms with Gasteiger partial charge in [-0.25, -0.2) is 4.39 Å². The Morgan fingerprint density at radius 1 is 0.842 bits per heavy atom. The average molecular weight is 576 g/mol. The molecule has 0 unspecified atom stereocenters. The Bertz CT molecular complexity index is 1230. The molecule has 1 fully saturated rings. The molecule has 0 heterocycles. The van der Waals surface area contributed by atoms with Gasteiger partial charge in [-0.05, 0) is 42.7 Å². The summed E-state index contributed by atoms with van der Waals surface area (Å²) in [4.78, 5) is 29.2. The summed E-state index contributed by atoms with van der Waals surface area (Å²) in [6.45, 7) is -0.0149. The van der Waals surface area contributed by atoms with Crippen molar-refractivity contribution < 1.29 is 14.0 Å². The van der Waals surface area contributed by atoms with E-state index in [1.807, 2.05) is 30.3 Å². The maximum atomic E-state index is 14.7. The van der Waals surface area contributed by atoms with Crippen molar-refractivity contribution in [3.05, 3.63) is 104 Å². The van der Waals surface area contributed by atoms with Crippen LogP contribution in [0.2, 0.25) is 15.1 Å². The Morgan fingerprint density at radius 3 is 2.08 bits per heavy atom. The first kappa shape index (κ1) is 28.4. The van der Waals surface area contributed by atoms with Gasteiger partial charge in [-0.15, -0.1) is 0 Å². The van der Waals surface area contributed by atoms with E-state index in [-0.39, 0.29) is 41.9 Å². The number of hydrogen-bond donors (Lipinski definition) is 1. The SMILES string of the molecule is O=C(NC1CCCCC1)[C@@H](Cc1ccccc1)N(Cc1c(Cl)cccc1Cl)C(=O)Cc1c(F)cccc1Cl. The van der Waals surface area contributed by atoms with Crippen LogP contribution in [0.4, 0.5) is 4.39 Å². The van der Waals surface area contributed by atoms with Gasteiger partial charge in [0.1, 0.15) is 11.9 Å². The van der Waals surface area contributed by atoms with Gasteiger partial charge in [0, 0.05) is 45.2 Å². The summed E-state index contributed by atoms with van der Waals surface area (Å²) in [7, 11) is 0. The number of hydrogen-bond acceptors (Lipinski definition) is 2. The highest BCUT2D eigenvalue weighted by molar-refractivity contribution is 6.36. The molecule has 8 heteroatoms. The van der Waals surface area contributed by atoms with Crippen molar-refractivity contribution in [2.24, 2.45) is 0 Å². The molecule has 0 bridgehead atoms. The van der Waals surface area contributed by atoms with Crippen LogP contribution in [0.1, 0.15) is 48.8 Å². The predicted molar refractivity (Wildman–Crippen MR) is 151 cm³/mol. The lowest BCUT2D eigenvalue weighted by Gasteiger charge is -2.34. The number of rotatable bonds is 9. The largest absolute Gasteiger partial charge is 0.352 e. The third kappa shape index (κ3) is 7.28. The molecule has 1 saturated carbocycles. The van der Waals surface area contributed by atoms with Crippen molar-refractivity contribution >= 4 is 46.6 Å². The van der Waals surface area contributed by atoms with Crippen LogP contribution in [-0.4, -0.2) is 28.8 Å². The van der Waals surface area contributed by atoms with Crippen molar-refractivity contribution in [1.82, 2.24) is 10.2 Å². The van der Waals surface area contributed by atoms with Crippen LogP contribution in [0.15, 0.2) is 66.7 Å². The van der Waals surface area contributed by atoms with Crippen LogP contribution < -0.4 is 5.32 Å². The van der Waals surface area contributed by atoms with Gasteiger partial charge >= 0.3 is 0 Å². The second-order valence-electron chi connectivity index (χ2n) is 9.65. The highest BCUT2D eigenvalue weighted by atomic mass is 35.5. The predicted octanol–water partition coefficient (Wildman–Crippen LogP) is 7.42. The van der Waals surface area contributed by atoms with Gasteiger partial charge in [0.05, 0.1) is 6.42 Å². The summed E-state index contributed by atoms with van der Waals surface area (Å²) in [5.74, 6) is -1.28. The minimum absolute atomic E-state index is 0.0149. The lowest BCUT2D eigenvalue weighted by atomic mass is 9.94. The number of benzene rings is 3. The van der Waals surface area contributed by atoms with E-state index in [0.29, 0.717) is 15.6 Å². The fraction of sp³-hybridized carbons (Fsp3) is 0.333. The van der Waals surface area contributed by atoms with E-state index in [0.717, 1.165) is 37.7 Å². The molecule has 3 aromatic carbocycles. The maximum absolute atomic E-state index is 14.7. The molecule has 0 radical (unpaired) electrons. The zero-order chi connectivity index (χ0) is 27.1. The molecule has 2 amide bonds. The summed E-state index contributed by atoms with van der Waals surface area (Å²) in [5, 5.41) is 4.09. The lowest BCUT2D eigenvalue weighted by molar-refractivity contribution is -0.141. The van der Waals surface area contributed by atoms with E-state index in [1.54, 1.807) is 24.3 Å². The average Bonchev–Trinajstić information content (AvgIpc) is 2.91. The summed E-state index contributed by atoms with van der Waals surface area (Å²) < 4.78 is 14.7. The number of nitrogens with one attached hydrogen (secondary N) is 1. The van der Waals surface area contributed by atoms with Crippen molar-refractivity contribution in [3.8, 4) is 0 Å². The van der Waals surface area contributed by atoms with E-state index >= 15 is 0 Å². The topological polar surface area (TPSA) is 49.4 Å². The molecular weight excluding hydrogens is 546 g/mol. The van der Waals surface area contributed by atoms with Gasteiger partial charge < -0.3 is 10.2 Å². The molecule has 38 heavy (non-hydrogen) atoms. The molecule has 200 valence electrons. The van der Waals surface area contributed by atoms with Gasteiger partial charge in [-0.1, -0.05) is 96.5 Å². The molecule has 4 nitrogen and oxygen atoms in total. The quantitative estimate of drug-likeness (QED) is 0.289. The van der Waals surface area contributed by atoms with E-state index in [4.69, 9.17) is 34.8 Å². The highest BCUT2D eigenvalue weighted by Crippen LogP contribution is 2.29. The van der Waals surface area contributed by atoms with Crippen molar-refractivity contribution in [3.63, 3.8) is 0 Å². The molecule has 4 rings (SSSR count). The van der Waals surface area contributed by atoms with Gasteiger partial charge in [0.15, 0.2) is 0 Å². The van der Waals surface area contributed by atoms with E-state index < -0.39 is 17.8 Å². The Labute approximate surface area is 238 Å². The number of carbonyl (C=O) groups excluding carboxylic acids is 2. The van der Waals surface area contributed by atoms with Crippen LogP contribution in [0.25, 0.3) is 0 Å². The third-order valence-corrected chi connectivity index (χ3v) is 8.06. The lowest BCUT2D eigenvalue weighted by Crippen LogP contribution is -2.53. The molecule has 0 aliphatic heterocycles. The molecular formula is C30H30Cl3FN2O2. The molecule has 1 aliphatic rings. The molecule has 1 aliphatic carbocycles. The summed E-state index contributed by atoms with van der Waals surface area (Å²) in [5.41, 5.74) is 1.50. The number of amides is 2. The highest BCUT2D eigenvalue weighted by Gasteiger charge is 2.33. The van der Waals surface area contributed by atoms with Gasteiger partial charge in [0.25, 0.3) is 0 Å². The molecule has 0 saturated heterocycles. The van der Waals surface area contributed by atoms with Crippen molar-refractivity contribution in [2.75, 3.05) is 0 Å². The Hall–Kier alpha value is -2.60. The standard InChI is InChI=1S/C30H30Cl3FN2O2/c31-24-15-8-16-27(34)22(24)18-29(37)36(19-23-25(32)13-7-14-26(23)33)28(17-20-9-3-1-4-10-20)30(38)35-21-11-5-2-6-12-21/h1,3-4,7-10,13-16,21,28H,2,5-6,11-12,17-19H2,(H,35,38)/t28-/m1/s1. The van der Waals surface area contributed by atoms with Crippen LogP contribution >= 0.6 is 34.8 Å². The second kappa shape index (κ2) is 13.5. The Morgan fingerprint density at radius 2 is 1.45 bits per heavy atom. The van der Waals surface area contributed by atoms with Crippen LogP contribution in [0.5, 0.6) is 0 Å². The number of nitrogens with zero attached hydrogens (tertiary/aromatic N) is 1. The minimum Gasteiger partial charge on any atom is -0.352 e. The van der Waals surface area contributed by atoms with E-state index in [2.05, 4.69) is 5.32 Å². The number of carbonyl (C=O) groups is 2. The first-order valence-corrected chi connectivity index (χ1v) is 14.0. The van der Waals surface area contributed by atoms with Crippen LogP contribution in [0, 0.1) is 5.82 Å². The Balaban J connectivity index is 1.72. The van der Waals surface area contributed by atoms with Gasteiger partial charge in [-0.2, -0.15) is 0 Å². The summed E-state index contributed by atoms with van der Waals surface area (Å²) in [6.07, 6.45) is 5.03. The van der Waals surface area contributed by atoms with Crippen molar-refractivity contribution in [1.29, 1.82) is 0 Å². The summed E-state index contributed by atoms with van der Waals surface area (Å²) >= 11 is 19.2. The fourth-order valence-electron chi connectivity index (χ4n) is 4.91. The molecule has 3 aromatic rings. The van der Waals surface area contributed by atoms with Gasteiger partial charge in [-0.3, -0.25) is 9.59 Å². The zero-order valence-electron chi connectivity index (χ0n) is 20.9. The van der Waals surface area contributed by atoms with Crippen LogP contribution in [0.3, 0.4) is 0 Å². The fourth-order valence-corrected chi connectivity index (χ4v) is 5.65. The first-order valence-electron chi connectivity index (χ1n) is 12.8.